The smallest absolute Gasteiger partial charge is 0.212 e. The van der Waals surface area contributed by atoms with Gasteiger partial charge in [0, 0.05) is 23.9 Å². The summed E-state index contributed by atoms with van der Waals surface area (Å²) in [6.45, 7) is 3.41. The fourth-order valence-corrected chi connectivity index (χ4v) is 2.30. The van der Waals surface area contributed by atoms with Crippen LogP contribution in [0.25, 0.3) is 10.9 Å². The number of hydrogen-bond donors (Lipinski definition) is 0. The van der Waals surface area contributed by atoms with Gasteiger partial charge < -0.3 is 12.4 Å². The minimum absolute atomic E-state index is 0. The molecular formula is C16H22ClN. The van der Waals surface area contributed by atoms with Crippen LogP contribution in [0.3, 0.4) is 0 Å². The third kappa shape index (κ3) is 3.99. The number of pyridine rings is 1. The molecule has 0 fully saturated rings. The summed E-state index contributed by atoms with van der Waals surface area (Å²) in [6.07, 6.45) is 8.91. The van der Waals surface area contributed by atoms with E-state index in [4.69, 9.17) is 0 Å². The van der Waals surface area contributed by atoms with Crippen molar-refractivity contribution in [3.63, 3.8) is 0 Å². The van der Waals surface area contributed by atoms with Crippen LogP contribution in [-0.4, -0.2) is 0 Å². The molecule has 0 saturated carbocycles. The predicted molar refractivity (Wildman–Crippen MR) is 72.9 cm³/mol. The van der Waals surface area contributed by atoms with Crippen molar-refractivity contribution in [2.75, 3.05) is 0 Å². The average Bonchev–Trinajstić information content (AvgIpc) is 2.39. The van der Waals surface area contributed by atoms with Crippen molar-refractivity contribution in [2.24, 2.45) is 0 Å². The molecule has 0 amide bonds. The van der Waals surface area contributed by atoms with Crippen molar-refractivity contribution in [1.82, 2.24) is 0 Å². The van der Waals surface area contributed by atoms with Gasteiger partial charge >= 0.3 is 0 Å². The van der Waals surface area contributed by atoms with Gasteiger partial charge in [-0.25, -0.2) is 0 Å². The van der Waals surface area contributed by atoms with Crippen LogP contribution in [0.15, 0.2) is 42.6 Å². The van der Waals surface area contributed by atoms with E-state index in [2.05, 4.69) is 54.1 Å². The Morgan fingerprint density at radius 1 is 0.889 bits per heavy atom. The van der Waals surface area contributed by atoms with Crippen LogP contribution in [0.5, 0.6) is 0 Å². The van der Waals surface area contributed by atoms with Gasteiger partial charge in [-0.05, 0) is 18.6 Å². The zero-order valence-corrected chi connectivity index (χ0v) is 11.9. The quantitative estimate of drug-likeness (QED) is 0.543. The van der Waals surface area contributed by atoms with E-state index < -0.39 is 0 Å². The molecule has 2 aromatic rings. The second-order valence-corrected chi connectivity index (χ2v) is 4.67. The summed E-state index contributed by atoms with van der Waals surface area (Å²) < 4.78 is 2.38. The zero-order chi connectivity index (χ0) is 11.9. The second-order valence-electron chi connectivity index (χ2n) is 4.67. The molecular weight excluding hydrogens is 242 g/mol. The number of rotatable bonds is 6. The van der Waals surface area contributed by atoms with Crippen molar-refractivity contribution in [1.29, 1.82) is 0 Å². The van der Waals surface area contributed by atoms with Gasteiger partial charge in [0.15, 0.2) is 6.20 Å². The second kappa shape index (κ2) is 8.10. The first-order valence-electron chi connectivity index (χ1n) is 6.79. The molecule has 18 heavy (non-hydrogen) atoms. The number of nitrogens with zero attached hydrogens (tertiary/aromatic N) is 1. The summed E-state index contributed by atoms with van der Waals surface area (Å²) in [6, 6.07) is 12.9. The molecule has 1 aromatic heterocycles. The summed E-state index contributed by atoms with van der Waals surface area (Å²) in [4.78, 5) is 0. The molecule has 1 heterocycles. The first-order valence-corrected chi connectivity index (χ1v) is 6.79. The number of halogens is 1. The van der Waals surface area contributed by atoms with Crippen LogP contribution < -0.4 is 17.0 Å². The molecule has 0 atom stereocenters. The van der Waals surface area contributed by atoms with Crippen LogP contribution >= 0.6 is 0 Å². The molecule has 0 spiro atoms. The molecule has 0 aliphatic carbocycles. The summed E-state index contributed by atoms with van der Waals surface area (Å²) in [5.74, 6) is 0. The molecule has 2 heteroatoms. The number of fused-ring (bicyclic) bond motifs is 1. The molecule has 0 radical (unpaired) electrons. The zero-order valence-electron chi connectivity index (χ0n) is 11.1. The average molecular weight is 264 g/mol. The highest BCUT2D eigenvalue weighted by atomic mass is 35.5. The Hall–Kier alpha value is -1.08. The van der Waals surface area contributed by atoms with E-state index in [1.807, 2.05) is 0 Å². The van der Waals surface area contributed by atoms with Crippen molar-refractivity contribution < 1.29 is 17.0 Å². The van der Waals surface area contributed by atoms with E-state index in [1.54, 1.807) is 0 Å². The van der Waals surface area contributed by atoms with Gasteiger partial charge in [0.1, 0.15) is 6.54 Å². The topological polar surface area (TPSA) is 3.88 Å². The summed E-state index contributed by atoms with van der Waals surface area (Å²) >= 11 is 0. The molecule has 2 rings (SSSR count). The van der Waals surface area contributed by atoms with E-state index in [-0.39, 0.29) is 12.4 Å². The number of hydrogen-bond acceptors (Lipinski definition) is 0. The monoisotopic (exact) mass is 263 g/mol. The molecule has 0 bridgehead atoms. The van der Waals surface area contributed by atoms with Crippen LogP contribution in [-0.2, 0) is 6.54 Å². The van der Waals surface area contributed by atoms with Gasteiger partial charge in [0.05, 0.1) is 0 Å². The number of benzene rings is 1. The van der Waals surface area contributed by atoms with Crippen molar-refractivity contribution >= 4 is 10.9 Å². The van der Waals surface area contributed by atoms with Crippen LogP contribution in [0.4, 0.5) is 0 Å². The highest BCUT2D eigenvalue weighted by Crippen LogP contribution is 2.09. The molecule has 1 aromatic carbocycles. The van der Waals surface area contributed by atoms with E-state index in [1.165, 1.54) is 43.0 Å². The van der Waals surface area contributed by atoms with Crippen LogP contribution in [0.2, 0.25) is 0 Å². The lowest BCUT2D eigenvalue weighted by atomic mass is 10.1. The first kappa shape index (κ1) is 15.0. The lowest BCUT2D eigenvalue weighted by molar-refractivity contribution is -0.671. The molecule has 0 aliphatic heterocycles. The van der Waals surface area contributed by atoms with Crippen LogP contribution in [0, 0.1) is 0 Å². The summed E-state index contributed by atoms with van der Waals surface area (Å²) in [5, 5.41) is 1.34. The van der Waals surface area contributed by atoms with E-state index in [0.29, 0.717) is 0 Å². The fourth-order valence-electron chi connectivity index (χ4n) is 2.30. The molecule has 98 valence electrons. The fraction of sp³-hybridized carbons (Fsp3) is 0.438. The maximum Gasteiger partial charge on any atom is 0.212 e. The van der Waals surface area contributed by atoms with E-state index >= 15 is 0 Å². The van der Waals surface area contributed by atoms with Gasteiger partial charge in [0.2, 0.25) is 5.52 Å². The maximum atomic E-state index is 2.38. The van der Waals surface area contributed by atoms with Gasteiger partial charge in [-0.2, -0.15) is 4.57 Å². The highest BCUT2D eigenvalue weighted by Gasteiger charge is 2.06. The van der Waals surface area contributed by atoms with Gasteiger partial charge in [0.25, 0.3) is 0 Å². The molecule has 0 aliphatic rings. The Morgan fingerprint density at radius 2 is 1.61 bits per heavy atom. The normalized spacial score (nSPS) is 10.3. The third-order valence-corrected chi connectivity index (χ3v) is 3.29. The minimum atomic E-state index is 0. The Balaban J connectivity index is 0.00000162. The van der Waals surface area contributed by atoms with Crippen molar-refractivity contribution in [3.8, 4) is 0 Å². The lowest BCUT2D eigenvalue weighted by Gasteiger charge is -2.01. The Bertz CT molecular complexity index is 462. The number of unbranched alkanes of at least 4 members (excludes halogenated alkanes) is 4. The Labute approximate surface area is 116 Å². The highest BCUT2D eigenvalue weighted by molar-refractivity contribution is 5.74. The largest absolute Gasteiger partial charge is 1.00 e. The number of aromatic nitrogens is 1. The molecule has 0 saturated heterocycles. The number of para-hydroxylation sites is 1. The molecule has 1 nitrogen and oxygen atoms in total. The lowest BCUT2D eigenvalue weighted by Crippen LogP contribution is -3.00. The third-order valence-electron chi connectivity index (χ3n) is 3.29. The summed E-state index contributed by atoms with van der Waals surface area (Å²) in [5.41, 5.74) is 1.35. The summed E-state index contributed by atoms with van der Waals surface area (Å²) in [7, 11) is 0. The van der Waals surface area contributed by atoms with Gasteiger partial charge in [-0.3, -0.25) is 0 Å². The first-order chi connectivity index (χ1) is 8.42. The van der Waals surface area contributed by atoms with E-state index in [0.717, 1.165) is 6.54 Å². The van der Waals surface area contributed by atoms with Gasteiger partial charge in [-0.1, -0.05) is 38.3 Å². The van der Waals surface area contributed by atoms with Crippen LogP contribution in [0.1, 0.15) is 39.0 Å². The molecule has 0 N–H and O–H groups in total. The standard InChI is InChI=1S/C16H22N.ClH/c1-2-3-4-5-8-13-17-14-9-11-15-10-6-7-12-16(15)17;/h6-7,9-12,14H,2-5,8,13H2,1H3;1H/q+1;/p-1. The number of aryl methyl sites for hydroxylation is 1. The minimum Gasteiger partial charge on any atom is -1.00 e. The SMILES string of the molecule is CCCCCCC[n+]1cccc2ccccc21.[Cl-]. The Morgan fingerprint density at radius 3 is 2.44 bits per heavy atom. The van der Waals surface area contributed by atoms with Crippen molar-refractivity contribution in [2.45, 2.75) is 45.6 Å². The predicted octanol–water partition coefficient (Wildman–Crippen LogP) is 1.10. The van der Waals surface area contributed by atoms with Gasteiger partial charge in [-0.15, -0.1) is 0 Å². The molecule has 0 unspecified atom stereocenters. The van der Waals surface area contributed by atoms with E-state index in [9.17, 15) is 0 Å². The van der Waals surface area contributed by atoms with Crippen molar-refractivity contribution in [3.05, 3.63) is 42.6 Å². The maximum absolute atomic E-state index is 2.38. The Kier molecular flexibility index (Phi) is 6.74.